The lowest BCUT2D eigenvalue weighted by atomic mass is 9.93. The number of carboxylic acids is 1. The summed E-state index contributed by atoms with van der Waals surface area (Å²) >= 11 is 12.1. The molecule has 2 unspecified atom stereocenters. The number of anilines is 1. The quantitative estimate of drug-likeness (QED) is 0.499. The fourth-order valence-corrected chi connectivity index (χ4v) is 4.43. The molecule has 0 saturated heterocycles. The number of halogens is 2. The number of aliphatic carboxylic acids is 1. The van der Waals surface area contributed by atoms with Gasteiger partial charge in [-0.3, -0.25) is 24.4 Å². The van der Waals surface area contributed by atoms with Gasteiger partial charge < -0.3 is 10.4 Å². The number of pyridine rings is 1. The van der Waals surface area contributed by atoms with Gasteiger partial charge in [0.2, 0.25) is 0 Å². The summed E-state index contributed by atoms with van der Waals surface area (Å²) in [6.45, 7) is 4.11. The van der Waals surface area contributed by atoms with Gasteiger partial charge in [0.15, 0.2) is 0 Å². The molecule has 1 amide bonds. The highest BCUT2D eigenvalue weighted by atomic mass is 35.5. The zero-order valence-corrected chi connectivity index (χ0v) is 19.9. The van der Waals surface area contributed by atoms with E-state index in [0.717, 1.165) is 5.71 Å². The number of nitrogens with zero attached hydrogens (tertiary/aromatic N) is 2. The number of hydrogen-bond acceptors (Lipinski definition) is 5. The van der Waals surface area contributed by atoms with Crippen molar-refractivity contribution in [2.24, 2.45) is 16.8 Å². The zero-order chi connectivity index (χ0) is 24.1. The van der Waals surface area contributed by atoms with Gasteiger partial charge in [0.25, 0.3) is 5.91 Å². The van der Waals surface area contributed by atoms with Crippen molar-refractivity contribution in [3.05, 3.63) is 57.8 Å². The molecule has 1 aliphatic carbocycles. The van der Waals surface area contributed by atoms with Crippen LogP contribution in [0.3, 0.4) is 0 Å². The Morgan fingerprint density at radius 2 is 1.79 bits per heavy atom. The lowest BCUT2D eigenvalue weighted by Gasteiger charge is -2.17. The maximum atomic E-state index is 12.6. The minimum Gasteiger partial charge on any atom is -0.481 e. The molecule has 174 valence electrons. The summed E-state index contributed by atoms with van der Waals surface area (Å²) in [7, 11) is 0. The first-order chi connectivity index (χ1) is 15.7. The van der Waals surface area contributed by atoms with Crippen LogP contribution >= 0.6 is 23.2 Å². The van der Waals surface area contributed by atoms with E-state index in [1.165, 1.54) is 12.4 Å². The van der Waals surface area contributed by atoms with Gasteiger partial charge in [-0.05, 0) is 36.5 Å². The van der Waals surface area contributed by atoms with Crippen LogP contribution in [-0.2, 0) is 9.59 Å². The predicted molar refractivity (Wildman–Crippen MR) is 128 cm³/mol. The molecule has 2 aromatic rings. The van der Waals surface area contributed by atoms with E-state index in [9.17, 15) is 19.5 Å². The molecule has 9 heteroatoms. The molecule has 3 rings (SSSR count). The van der Waals surface area contributed by atoms with Gasteiger partial charge in [0.05, 0.1) is 34.0 Å². The minimum absolute atomic E-state index is 0.120. The van der Waals surface area contributed by atoms with Gasteiger partial charge in [-0.1, -0.05) is 49.2 Å². The summed E-state index contributed by atoms with van der Waals surface area (Å²) in [6, 6.07) is 6.15. The van der Waals surface area contributed by atoms with Crippen LogP contribution in [0.25, 0.3) is 0 Å². The second-order valence-corrected chi connectivity index (χ2v) is 9.25. The van der Waals surface area contributed by atoms with Crippen molar-refractivity contribution in [2.45, 2.75) is 45.6 Å². The van der Waals surface area contributed by atoms with Gasteiger partial charge >= 0.3 is 5.97 Å². The Morgan fingerprint density at radius 3 is 2.36 bits per heavy atom. The number of amides is 1. The summed E-state index contributed by atoms with van der Waals surface area (Å²) in [5.74, 6) is -1.19. The molecule has 0 spiro atoms. The summed E-state index contributed by atoms with van der Waals surface area (Å²) in [5, 5.41) is 12.4. The SMILES string of the molecule is CC(C)CC1C(=O)CCC1=NC(CC(=O)O)c1ccc(NC(=O)c2c(Cl)cncc2Cl)cc1. The number of hydrogen-bond donors (Lipinski definition) is 2. The van der Waals surface area contributed by atoms with Gasteiger partial charge in [0.1, 0.15) is 5.78 Å². The fourth-order valence-electron chi connectivity index (χ4n) is 3.89. The van der Waals surface area contributed by atoms with Crippen LogP contribution in [-0.4, -0.2) is 33.5 Å². The Morgan fingerprint density at radius 1 is 1.15 bits per heavy atom. The maximum Gasteiger partial charge on any atom is 0.305 e. The topological polar surface area (TPSA) is 109 Å². The maximum absolute atomic E-state index is 12.6. The molecule has 0 bridgehead atoms. The number of nitrogens with one attached hydrogen (secondary N) is 1. The average molecular weight is 490 g/mol. The molecule has 0 aliphatic heterocycles. The molecule has 1 aromatic heterocycles. The third kappa shape index (κ3) is 6.39. The molecule has 1 aromatic carbocycles. The molecule has 1 heterocycles. The standard InChI is InChI=1S/C24H25Cl2N3O4/c1-13(2)9-16-19(7-8-21(16)30)29-20(10-22(31)32)14-3-5-15(6-4-14)28-24(33)23-17(25)11-27-12-18(23)26/h3-6,11-13,16,20H,7-10H2,1-2H3,(H,28,33)(H,31,32). The highest BCUT2D eigenvalue weighted by molar-refractivity contribution is 6.40. The van der Waals surface area contributed by atoms with Crippen molar-refractivity contribution in [1.82, 2.24) is 4.98 Å². The molecule has 2 N–H and O–H groups in total. The predicted octanol–water partition coefficient (Wildman–Crippen LogP) is 5.62. The van der Waals surface area contributed by atoms with Gasteiger partial charge in [-0.15, -0.1) is 0 Å². The van der Waals surface area contributed by atoms with Crippen LogP contribution in [0.4, 0.5) is 5.69 Å². The Hall–Kier alpha value is -2.77. The van der Waals surface area contributed by atoms with Crippen LogP contribution in [0, 0.1) is 11.8 Å². The first kappa shape index (κ1) is 24.9. The first-order valence-corrected chi connectivity index (χ1v) is 11.4. The van der Waals surface area contributed by atoms with Gasteiger partial charge in [-0.25, -0.2) is 0 Å². The van der Waals surface area contributed by atoms with Crippen molar-refractivity contribution in [1.29, 1.82) is 0 Å². The highest BCUT2D eigenvalue weighted by Gasteiger charge is 2.32. The third-order valence-corrected chi connectivity index (χ3v) is 6.02. The van der Waals surface area contributed by atoms with Crippen molar-refractivity contribution in [2.75, 3.05) is 5.32 Å². The number of aliphatic imine (C=N–C) groups is 1. The number of aromatic nitrogens is 1. The van der Waals surface area contributed by atoms with E-state index in [2.05, 4.69) is 24.1 Å². The van der Waals surface area contributed by atoms with E-state index in [1.807, 2.05) is 0 Å². The Kier molecular flexibility index (Phi) is 8.21. The van der Waals surface area contributed by atoms with Crippen molar-refractivity contribution < 1.29 is 19.5 Å². The van der Waals surface area contributed by atoms with E-state index in [-0.39, 0.29) is 33.7 Å². The summed E-state index contributed by atoms with van der Waals surface area (Å²) < 4.78 is 0. The van der Waals surface area contributed by atoms with Crippen LogP contribution in [0.1, 0.15) is 61.5 Å². The van der Waals surface area contributed by atoms with E-state index >= 15 is 0 Å². The van der Waals surface area contributed by atoms with Gasteiger partial charge in [0, 0.05) is 30.2 Å². The number of carbonyl (C=O) groups is 3. The second-order valence-electron chi connectivity index (χ2n) is 8.44. The number of benzene rings is 1. The molecule has 33 heavy (non-hydrogen) atoms. The van der Waals surface area contributed by atoms with Gasteiger partial charge in [-0.2, -0.15) is 0 Å². The second kappa shape index (κ2) is 10.9. The Labute approximate surface area is 202 Å². The molecule has 1 aliphatic rings. The fraction of sp³-hybridized carbons (Fsp3) is 0.375. The highest BCUT2D eigenvalue weighted by Crippen LogP contribution is 2.31. The lowest BCUT2D eigenvalue weighted by molar-refractivity contribution is -0.137. The molecule has 0 radical (unpaired) electrons. The smallest absolute Gasteiger partial charge is 0.305 e. The van der Waals surface area contributed by atoms with Crippen LogP contribution in [0.2, 0.25) is 10.0 Å². The first-order valence-electron chi connectivity index (χ1n) is 10.7. The minimum atomic E-state index is -0.978. The number of ketones is 1. The number of Topliss-reactive ketones (excluding diaryl/α,β-unsaturated/α-hetero) is 1. The normalized spacial score (nSPS) is 18.0. The van der Waals surface area contributed by atoms with E-state index in [0.29, 0.717) is 36.4 Å². The number of carboxylic acid groups (broad SMARTS) is 1. The van der Waals surface area contributed by atoms with Crippen LogP contribution in [0.5, 0.6) is 0 Å². The van der Waals surface area contributed by atoms with Crippen LogP contribution in [0.15, 0.2) is 41.7 Å². The monoisotopic (exact) mass is 489 g/mol. The number of rotatable bonds is 8. The third-order valence-electron chi connectivity index (χ3n) is 5.45. The molecule has 1 fully saturated rings. The van der Waals surface area contributed by atoms with E-state index in [1.54, 1.807) is 24.3 Å². The summed E-state index contributed by atoms with van der Waals surface area (Å²) in [5.41, 5.74) is 2.07. The van der Waals surface area contributed by atoms with Crippen molar-refractivity contribution in [3.63, 3.8) is 0 Å². The molecule has 7 nitrogen and oxygen atoms in total. The van der Waals surface area contributed by atoms with Crippen LogP contribution < -0.4 is 5.32 Å². The van der Waals surface area contributed by atoms with E-state index in [4.69, 9.17) is 28.2 Å². The lowest BCUT2D eigenvalue weighted by Crippen LogP contribution is -2.18. The molecular formula is C24H25Cl2N3O4. The zero-order valence-electron chi connectivity index (χ0n) is 18.3. The molecule has 2 atom stereocenters. The molecular weight excluding hydrogens is 465 g/mol. The number of carbonyl (C=O) groups excluding carboxylic acids is 2. The molecule has 1 saturated carbocycles. The average Bonchev–Trinajstić information content (AvgIpc) is 3.06. The Bertz CT molecular complexity index is 1060. The summed E-state index contributed by atoms with van der Waals surface area (Å²) in [4.78, 5) is 44.9. The Balaban J connectivity index is 1.81. The largest absolute Gasteiger partial charge is 0.481 e. The van der Waals surface area contributed by atoms with E-state index < -0.39 is 17.9 Å². The summed E-state index contributed by atoms with van der Waals surface area (Å²) in [6.07, 6.45) is 4.19. The van der Waals surface area contributed by atoms with Crippen molar-refractivity contribution in [3.8, 4) is 0 Å². The van der Waals surface area contributed by atoms with Crippen molar-refractivity contribution >= 4 is 52.3 Å².